The monoisotopic (exact) mass is 443 g/mol. The number of pyridine rings is 1. The minimum Gasteiger partial charge on any atom is -0.352 e. The molecule has 1 N–H and O–H groups in total. The maximum absolute atomic E-state index is 14.6. The molecule has 2 bridgehead atoms. The molecule has 1 saturated carbocycles. The van der Waals surface area contributed by atoms with Gasteiger partial charge in [-0.05, 0) is 67.2 Å². The number of carbonyl (C=O) groups excluding carboxylic acids is 1. The highest BCUT2D eigenvalue weighted by Gasteiger charge is 2.39. The van der Waals surface area contributed by atoms with Crippen LogP contribution in [0.5, 0.6) is 0 Å². The summed E-state index contributed by atoms with van der Waals surface area (Å²) >= 11 is 0. The number of benzene rings is 1. The molecule has 0 atom stereocenters. The zero-order valence-electron chi connectivity index (χ0n) is 17.5. The Morgan fingerprint density at radius 2 is 1.71 bits per heavy atom. The average Bonchev–Trinajstić information content (AvgIpc) is 2.77. The summed E-state index contributed by atoms with van der Waals surface area (Å²) in [6, 6.07) is 5.26. The largest absolute Gasteiger partial charge is 0.352 e. The number of fused-ring (bicyclic) bond motifs is 2. The van der Waals surface area contributed by atoms with Gasteiger partial charge >= 0.3 is 0 Å². The van der Waals surface area contributed by atoms with Gasteiger partial charge in [-0.2, -0.15) is 0 Å². The van der Waals surface area contributed by atoms with E-state index in [-0.39, 0.29) is 42.2 Å². The van der Waals surface area contributed by atoms with Gasteiger partial charge in [-0.3, -0.25) is 4.79 Å². The van der Waals surface area contributed by atoms with Gasteiger partial charge in [0.15, 0.2) is 9.84 Å². The maximum Gasteiger partial charge on any atom is 0.272 e. The predicted octanol–water partition coefficient (Wildman–Crippen LogP) is 3.90. The number of nitrogens with one attached hydrogen (secondary N) is 1. The summed E-state index contributed by atoms with van der Waals surface area (Å²) in [6.45, 7) is 2.15. The number of halogens is 1. The summed E-state index contributed by atoms with van der Waals surface area (Å²) in [5, 5.41) is 3.24. The first-order chi connectivity index (χ1) is 14.8. The zero-order valence-corrected chi connectivity index (χ0v) is 18.3. The van der Waals surface area contributed by atoms with E-state index in [0.717, 1.165) is 42.5 Å². The molecule has 3 aliphatic carbocycles. The number of sulfone groups is 1. The smallest absolute Gasteiger partial charge is 0.272 e. The molecule has 1 aliphatic heterocycles. The van der Waals surface area contributed by atoms with Crippen LogP contribution in [0.2, 0.25) is 0 Å². The summed E-state index contributed by atoms with van der Waals surface area (Å²) in [5.41, 5.74) is 4.27. The van der Waals surface area contributed by atoms with Crippen LogP contribution in [0.25, 0.3) is 0 Å². The second kappa shape index (κ2) is 7.58. The van der Waals surface area contributed by atoms with Crippen LogP contribution >= 0.6 is 0 Å². The fourth-order valence-electron chi connectivity index (χ4n) is 5.29. The molecule has 0 radical (unpaired) electrons. The number of aryl methyl sites for hydroxylation is 1. The normalized spacial score (nSPS) is 24.0. The number of hydrogen-bond acceptors (Lipinski definition) is 5. The van der Waals surface area contributed by atoms with E-state index in [1.54, 1.807) is 30.2 Å². The highest BCUT2D eigenvalue weighted by atomic mass is 32.2. The van der Waals surface area contributed by atoms with Gasteiger partial charge in [0.05, 0.1) is 29.1 Å². The van der Waals surface area contributed by atoms with Crippen molar-refractivity contribution in [1.82, 2.24) is 9.88 Å². The molecule has 6 rings (SSSR count). The molecule has 1 aromatic carbocycles. The highest BCUT2D eigenvalue weighted by molar-refractivity contribution is 7.91. The minimum absolute atomic E-state index is 0.000736. The third kappa shape index (κ3) is 3.60. The van der Waals surface area contributed by atoms with Crippen LogP contribution in [0, 0.1) is 12.7 Å². The van der Waals surface area contributed by atoms with Crippen LogP contribution in [0.15, 0.2) is 24.4 Å². The van der Waals surface area contributed by atoms with E-state index in [0.29, 0.717) is 22.9 Å². The zero-order chi connectivity index (χ0) is 21.8. The van der Waals surface area contributed by atoms with Gasteiger partial charge in [0.25, 0.3) is 5.91 Å². The topological polar surface area (TPSA) is 79.4 Å². The molecular formula is C23H26FN3O3S. The quantitative estimate of drug-likeness (QED) is 0.778. The molecule has 1 aromatic heterocycles. The Balaban J connectivity index is 1.54. The SMILES string of the molecule is Cc1cccc(Nc2cnc(C(=O)N3CCS(=O)(=O)CC3)c3c2C2CCC3CC2)c1F. The van der Waals surface area contributed by atoms with E-state index in [2.05, 4.69) is 10.3 Å². The van der Waals surface area contributed by atoms with Crippen molar-refractivity contribution in [2.24, 2.45) is 0 Å². The van der Waals surface area contributed by atoms with Crippen LogP contribution in [-0.2, 0) is 9.84 Å². The lowest BCUT2D eigenvalue weighted by Gasteiger charge is -2.40. The number of amides is 1. The van der Waals surface area contributed by atoms with Crippen LogP contribution in [0.3, 0.4) is 0 Å². The summed E-state index contributed by atoms with van der Waals surface area (Å²) < 4.78 is 38.2. The molecule has 2 fully saturated rings. The van der Waals surface area contributed by atoms with Crippen molar-refractivity contribution in [1.29, 1.82) is 0 Å². The van der Waals surface area contributed by atoms with E-state index in [1.807, 2.05) is 6.07 Å². The molecule has 1 saturated heterocycles. The standard InChI is InChI=1S/C23H26FN3O3S/c1-14-3-2-4-17(21(14)24)26-18-13-25-22(20-16-7-5-15(6-8-16)19(18)20)23(28)27-9-11-31(29,30)12-10-27/h2-4,13,15-16,26H,5-12H2,1H3. The number of carbonyl (C=O) groups is 1. The van der Waals surface area contributed by atoms with Gasteiger partial charge in [0, 0.05) is 13.1 Å². The Morgan fingerprint density at radius 3 is 2.39 bits per heavy atom. The molecule has 0 unspecified atom stereocenters. The Labute approximate surface area is 181 Å². The van der Waals surface area contributed by atoms with E-state index in [4.69, 9.17) is 0 Å². The molecular weight excluding hydrogens is 417 g/mol. The lowest BCUT2D eigenvalue weighted by atomic mass is 9.66. The van der Waals surface area contributed by atoms with E-state index in [9.17, 15) is 17.6 Å². The van der Waals surface area contributed by atoms with Gasteiger partial charge in [-0.15, -0.1) is 0 Å². The lowest BCUT2D eigenvalue weighted by Crippen LogP contribution is -2.44. The third-order valence-electron chi connectivity index (χ3n) is 7.00. The molecule has 4 aliphatic rings. The molecule has 2 aromatic rings. The minimum atomic E-state index is -3.07. The van der Waals surface area contributed by atoms with Crippen molar-refractivity contribution in [3.8, 4) is 0 Å². The predicted molar refractivity (Wildman–Crippen MR) is 117 cm³/mol. The molecule has 2 heterocycles. The second-order valence-electron chi connectivity index (χ2n) is 8.90. The first-order valence-electron chi connectivity index (χ1n) is 10.9. The summed E-state index contributed by atoms with van der Waals surface area (Å²) in [6.07, 6.45) is 5.81. The number of anilines is 2. The Hall–Kier alpha value is -2.48. The maximum atomic E-state index is 14.6. The number of rotatable bonds is 3. The molecule has 31 heavy (non-hydrogen) atoms. The van der Waals surface area contributed by atoms with E-state index in [1.165, 1.54) is 0 Å². The molecule has 6 nitrogen and oxygen atoms in total. The van der Waals surface area contributed by atoms with Crippen LogP contribution in [0.1, 0.15) is 64.7 Å². The van der Waals surface area contributed by atoms with Crippen molar-refractivity contribution in [2.75, 3.05) is 29.9 Å². The van der Waals surface area contributed by atoms with Crippen molar-refractivity contribution in [3.05, 3.63) is 52.6 Å². The van der Waals surface area contributed by atoms with Gasteiger partial charge in [0.1, 0.15) is 11.5 Å². The van der Waals surface area contributed by atoms with Crippen LogP contribution < -0.4 is 5.32 Å². The van der Waals surface area contributed by atoms with Gasteiger partial charge in [-0.25, -0.2) is 17.8 Å². The van der Waals surface area contributed by atoms with E-state index < -0.39 is 9.84 Å². The average molecular weight is 444 g/mol. The fraction of sp³-hybridized carbons (Fsp3) is 0.478. The van der Waals surface area contributed by atoms with Crippen molar-refractivity contribution in [2.45, 2.75) is 44.4 Å². The van der Waals surface area contributed by atoms with Crippen molar-refractivity contribution < 1.29 is 17.6 Å². The summed E-state index contributed by atoms with van der Waals surface area (Å²) in [5.74, 6) is 0.119. The lowest BCUT2D eigenvalue weighted by molar-refractivity contribution is 0.0761. The summed E-state index contributed by atoms with van der Waals surface area (Å²) in [7, 11) is -3.07. The van der Waals surface area contributed by atoms with Gasteiger partial charge in [0.2, 0.25) is 0 Å². The third-order valence-corrected chi connectivity index (χ3v) is 8.61. The Bertz CT molecular complexity index is 1140. The second-order valence-corrected chi connectivity index (χ2v) is 11.2. The molecule has 164 valence electrons. The Kier molecular flexibility index (Phi) is 5.00. The van der Waals surface area contributed by atoms with Crippen LogP contribution in [0.4, 0.5) is 15.8 Å². The van der Waals surface area contributed by atoms with E-state index >= 15 is 0 Å². The fourth-order valence-corrected chi connectivity index (χ4v) is 6.49. The molecule has 1 amide bonds. The number of nitrogens with zero attached hydrogens (tertiary/aromatic N) is 2. The van der Waals surface area contributed by atoms with Gasteiger partial charge < -0.3 is 10.2 Å². The molecule has 8 heteroatoms. The summed E-state index contributed by atoms with van der Waals surface area (Å²) in [4.78, 5) is 19.5. The number of hydrogen-bond donors (Lipinski definition) is 1. The first-order valence-corrected chi connectivity index (χ1v) is 12.7. The van der Waals surface area contributed by atoms with Gasteiger partial charge in [-0.1, -0.05) is 12.1 Å². The highest BCUT2D eigenvalue weighted by Crippen LogP contribution is 2.53. The first kappa shape index (κ1) is 20.4. The Morgan fingerprint density at radius 1 is 1.06 bits per heavy atom. The number of aromatic nitrogens is 1. The van der Waals surface area contributed by atoms with Crippen LogP contribution in [-0.4, -0.2) is 48.8 Å². The van der Waals surface area contributed by atoms with Crippen molar-refractivity contribution in [3.63, 3.8) is 0 Å². The van der Waals surface area contributed by atoms with Crippen molar-refractivity contribution >= 4 is 27.1 Å². The molecule has 0 spiro atoms.